The van der Waals surface area contributed by atoms with Gasteiger partial charge in [-0.2, -0.15) is 0 Å². The maximum Gasteiger partial charge on any atom is 0.0221 e. The fourth-order valence-electron chi connectivity index (χ4n) is 1.66. The summed E-state index contributed by atoms with van der Waals surface area (Å²) in [5, 5.41) is 3.57. The molecular weight excluding hydrogens is 184 g/mol. The van der Waals surface area contributed by atoms with E-state index >= 15 is 0 Å². The summed E-state index contributed by atoms with van der Waals surface area (Å²) in [5.41, 5.74) is 0.209. The van der Waals surface area contributed by atoms with E-state index in [0.29, 0.717) is 6.04 Å². The molecule has 0 aromatic heterocycles. The van der Waals surface area contributed by atoms with Crippen molar-refractivity contribution in [2.45, 2.75) is 52.6 Å². The zero-order valence-electron chi connectivity index (χ0n) is 11.1. The molecular formula is C13H28N2. The molecule has 0 saturated carbocycles. The summed E-state index contributed by atoms with van der Waals surface area (Å²) in [6, 6.07) is 0.618. The Kier molecular flexibility index (Phi) is 6.86. The minimum atomic E-state index is 0.209. The first-order valence-corrected chi connectivity index (χ1v) is 6.04. The molecule has 0 saturated heterocycles. The second-order valence-corrected chi connectivity index (χ2v) is 5.07. The smallest absolute Gasteiger partial charge is 0.0221 e. The highest BCUT2D eigenvalue weighted by atomic mass is 15.2. The maximum atomic E-state index is 3.81. The van der Waals surface area contributed by atoms with Gasteiger partial charge in [-0.1, -0.05) is 19.9 Å². The summed E-state index contributed by atoms with van der Waals surface area (Å²) in [6.07, 6.45) is 3.17. The van der Waals surface area contributed by atoms with Gasteiger partial charge in [0.25, 0.3) is 0 Å². The van der Waals surface area contributed by atoms with Crippen LogP contribution in [0.2, 0.25) is 0 Å². The van der Waals surface area contributed by atoms with Crippen LogP contribution in [0.4, 0.5) is 0 Å². The molecule has 0 aliphatic rings. The first kappa shape index (κ1) is 14.7. The van der Waals surface area contributed by atoms with Crippen LogP contribution in [0.15, 0.2) is 12.7 Å². The highest BCUT2D eigenvalue weighted by molar-refractivity contribution is 4.82. The van der Waals surface area contributed by atoms with Gasteiger partial charge in [0.05, 0.1) is 0 Å². The lowest BCUT2D eigenvalue weighted by atomic mass is 10.1. The number of hydrogen-bond acceptors (Lipinski definition) is 2. The Labute approximate surface area is 95.7 Å². The monoisotopic (exact) mass is 212 g/mol. The lowest BCUT2D eigenvalue weighted by molar-refractivity contribution is 0.204. The Morgan fingerprint density at radius 1 is 1.33 bits per heavy atom. The van der Waals surface area contributed by atoms with Crippen LogP contribution >= 0.6 is 0 Å². The van der Waals surface area contributed by atoms with Crippen LogP contribution in [0, 0.1) is 0 Å². The zero-order chi connectivity index (χ0) is 11.9. The van der Waals surface area contributed by atoms with Gasteiger partial charge in [0.15, 0.2) is 0 Å². The summed E-state index contributed by atoms with van der Waals surface area (Å²) in [6.45, 7) is 18.0. The Hall–Kier alpha value is -0.340. The van der Waals surface area contributed by atoms with Crippen molar-refractivity contribution in [2.75, 3.05) is 19.6 Å². The van der Waals surface area contributed by atoms with Gasteiger partial charge in [0, 0.05) is 24.7 Å². The molecule has 1 unspecified atom stereocenters. The van der Waals surface area contributed by atoms with Gasteiger partial charge in [-0.05, 0) is 33.7 Å². The van der Waals surface area contributed by atoms with E-state index in [-0.39, 0.29) is 5.54 Å². The number of nitrogens with zero attached hydrogens (tertiary/aromatic N) is 1. The minimum absolute atomic E-state index is 0.209. The van der Waals surface area contributed by atoms with Gasteiger partial charge in [0.1, 0.15) is 0 Å². The summed E-state index contributed by atoms with van der Waals surface area (Å²) in [5.74, 6) is 0. The zero-order valence-corrected chi connectivity index (χ0v) is 11.1. The van der Waals surface area contributed by atoms with Gasteiger partial charge in [-0.3, -0.25) is 4.90 Å². The number of likely N-dealkylation sites (N-methyl/N-ethyl adjacent to an activating group) is 1. The highest BCUT2D eigenvalue weighted by Crippen LogP contribution is 2.06. The Morgan fingerprint density at radius 2 is 1.93 bits per heavy atom. The molecule has 0 aromatic rings. The molecule has 0 rings (SSSR count). The van der Waals surface area contributed by atoms with E-state index in [1.54, 1.807) is 0 Å². The van der Waals surface area contributed by atoms with Crippen molar-refractivity contribution in [3.8, 4) is 0 Å². The van der Waals surface area contributed by atoms with E-state index in [1.165, 1.54) is 6.42 Å². The third-order valence-corrected chi connectivity index (χ3v) is 2.63. The van der Waals surface area contributed by atoms with E-state index in [4.69, 9.17) is 0 Å². The molecule has 0 amide bonds. The molecule has 0 aliphatic heterocycles. The van der Waals surface area contributed by atoms with Crippen molar-refractivity contribution in [1.82, 2.24) is 10.2 Å². The molecule has 90 valence electrons. The van der Waals surface area contributed by atoms with Gasteiger partial charge in [-0.15, -0.1) is 6.58 Å². The van der Waals surface area contributed by atoms with E-state index < -0.39 is 0 Å². The third kappa shape index (κ3) is 6.69. The van der Waals surface area contributed by atoms with E-state index in [9.17, 15) is 0 Å². The van der Waals surface area contributed by atoms with Crippen LogP contribution in [0.3, 0.4) is 0 Å². The Bertz CT molecular complexity index is 170. The number of rotatable bonds is 7. The molecule has 0 radical (unpaired) electrons. The fourth-order valence-corrected chi connectivity index (χ4v) is 1.66. The van der Waals surface area contributed by atoms with E-state index in [0.717, 1.165) is 19.6 Å². The Morgan fingerprint density at radius 3 is 2.27 bits per heavy atom. The van der Waals surface area contributed by atoms with Crippen LogP contribution in [0.5, 0.6) is 0 Å². The summed E-state index contributed by atoms with van der Waals surface area (Å²) in [4.78, 5) is 2.46. The summed E-state index contributed by atoms with van der Waals surface area (Å²) >= 11 is 0. The third-order valence-electron chi connectivity index (χ3n) is 2.63. The number of hydrogen-bond donors (Lipinski definition) is 1. The lowest BCUT2D eigenvalue weighted by Gasteiger charge is -2.32. The average Bonchev–Trinajstić information content (AvgIpc) is 2.15. The minimum Gasteiger partial charge on any atom is -0.311 e. The van der Waals surface area contributed by atoms with Crippen LogP contribution < -0.4 is 5.32 Å². The predicted octanol–water partition coefficient (Wildman–Crippen LogP) is 2.66. The first-order chi connectivity index (χ1) is 6.94. The van der Waals surface area contributed by atoms with Crippen LogP contribution in [-0.2, 0) is 0 Å². The van der Waals surface area contributed by atoms with Gasteiger partial charge in [0.2, 0.25) is 0 Å². The fraction of sp³-hybridized carbons (Fsp3) is 0.846. The first-order valence-electron chi connectivity index (χ1n) is 6.04. The molecule has 0 aliphatic carbocycles. The molecule has 0 aromatic carbocycles. The molecule has 2 nitrogen and oxygen atoms in total. The van der Waals surface area contributed by atoms with Gasteiger partial charge in [-0.25, -0.2) is 0 Å². The molecule has 1 atom stereocenters. The number of nitrogens with one attached hydrogen (secondary N) is 1. The van der Waals surface area contributed by atoms with Crippen LogP contribution in [0.25, 0.3) is 0 Å². The lowest BCUT2D eigenvalue weighted by Crippen LogP contribution is -2.47. The van der Waals surface area contributed by atoms with Crippen LogP contribution in [0.1, 0.15) is 41.0 Å². The molecule has 2 heteroatoms. The van der Waals surface area contributed by atoms with E-state index in [2.05, 4.69) is 51.4 Å². The van der Waals surface area contributed by atoms with Crippen molar-refractivity contribution in [1.29, 1.82) is 0 Å². The maximum absolute atomic E-state index is 3.81. The molecule has 1 N–H and O–H groups in total. The van der Waals surface area contributed by atoms with Gasteiger partial charge < -0.3 is 5.32 Å². The SMILES string of the molecule is C=CCN(CC)C(CC)CNC(C)(C)C. The van der Waals surface area contributed by atoms with E-state index in [1.807, 2.05) is 6.08 Å². The van der Waals surface area contributed by atoms with Crippen LogP contribution in [-0.4, -0.2) is 36.1 Å². The molecule has 0 heterocycles. The van der Waals surface area contributed by atoms with Crippen molar-refractivity contribution < 1.29 is 0 Å². The molecule has 0 spiro atoms. The average molecular weight is 212 g/mol. The van der Waals surface area contributed by atoms with Gasteiger partial charge >= 0.3 is 0 Å². The summed E-state index contributed by atoms with van der Waals surface area (Å²) in [7, 11) is 0. The van der Waals surface area contributed by atoms with Crippen molar-refractivity contribution >= 4 is 0 Å². The summed E-state index contributed by atoms with van der Waals surface area (Å²) < 4.78 is 0. The molecule has 0 fully saturated rings. The predicted molar refractivity (Wildman–Crippen MR) is 69.3 cm³/mol. The quantitative estimate of drug-likeness (QED) is 0.653. The topological polar surface area (TPSA) is 15.3 Å². The molecule has 0 bridgehead atoms. The van der Waals surface area contributed by atoms with Crippen molar-refractivity contribution in [3.05, 3.63) is 12.7 Å². The Balaban J connectivity index is 4.14. The van der Waals surface area contributed by atoms with Crippen molar-refractivity contribution in [3.63, 3.8) is 0 Å². The van der Waals surface area contributed by atoms with Crippen molar-refractivity contribution in [2.24, 2.45) is 0 Å². The normalized spacial score (nSPS) is 14.3. The molecule has 15 heavy (non-hydrogen) atoms. The second-order valence-electron chi connectivity index (χ2n) is 5.07. The standard InChI is InChI=1S/C13H28N2/c1-7-10-15(9-3)12(8-2)11-14-13(4,5)6/h7,12,14H,1,8-11H2,2-6H3. The highest BCUT2D eigenvalue weighted by Gasteiger charge is 2.16. The largest absolute Gasteiger partial charge is 0.311 e. The second kappa shape index (κ2) is 7.02.